The summed E-state index contributed by atoms with van der Waals surface area (Å²) in [6.07, 6.45) is 10.7. The molecule has 19 heavy (non-hydrogen) atoms. The maximum absolute atomic E-state index is 4.84. The Morgan fingerprint density at radius 3 is 2.53 bits per heavy atom. The largest absolute Gasteiger partial charge is 0.314 e. The first-order chi connectivity index (χ1) is 9.25. The van der Waals surface area contributed by atoms with Crippen LogP contribution in [0.3, 0.4) is 0 Å². The van der Waals surface area contributed by atoms with E-state index in [0.717, 1.165) is 19.0 Å². The maximum Gasteiger partial charge on any atom is 0.0629 e. The Bertz CT molecular complexity index is 425. The summed E-state index contributed by atoms with van der Waals surface area (Å²) in [5.41, 5.74) is 4.15. The third-order valence-electron chi connectivity index (χ3n) is 4.78. The fourth-order valence-corrected chi connectivity index (χ4v) is 3.43. The second-order valence-corrected chi connectivity index (χ2v) is 6.36. The molecule has 3 nitrogen and oxygen atoms in total. The van der Waals surface area contributed by atoms with E-state index in [2.05, 4.69) is 23.8 Å². The Morgan fingerprint density at radius 1 is 1.11 bits per heavy atom. The van der Waals surface area contributed by atoms with Crippen molar-refractivity contribution >= 4 is 0 Å². The fraction of sp³-hybridized carbons (Fsp3) is 0.812. The molecule has 0 aromatic carbocycles. The normalized spacial score (nSPS) is 20.9. The van der Waals surface area contributed by atoms with Crippen LogP contribution in [0.2, 0.25) is 0 Å². The van der Waals surface area contributed by atoms with E-state index in [4.69, 9.17) is 5.10 Å². The van der Waals surface area contributed by atoms with Gasteiger partial charge in [0.1, 0.15) is 0 Å². The minimum atomic E-state index is 0.664. The van der Waals surface area contributed by atoms with Crippen molar-refractivity contribution in [2.45, 2.75) is 77.3 Å². The van der Waals surface area contributed by atoms with Gasteiger partial charge in [-0.2, -0.15) is 5.10 Å². The summed E-state index contributed by atoms with van der Waals surface area (Å²) in [6, 6.07) is 1.48. The molecule has 0 bridgehead atoms. The van der Waals surface area contributed by atoms with E-state index in [9.17, 15) is 0 Å². The first-order valence-corrected chi connectivity index (χ1v) is 8.03. The Balaban J connectivity index is 1.67. The smallest absolute Gasteiger partial charge is 0.0629 e. The van der Waals surface area contributed by atoms with Crippen molar-refractivity contribution in [2.75, 3.05) is 6.54 Å². The molecule has 0 radical (unpaired) electrons. The summed E-state index contributed by atoms with van der Waals surface area (Å²) in [4.78, 5) is 0. The SMILES string of the molecule is Cc1nn(C2CCCCC2)c(C)c1CCNC1CC1. The van der Waals surface area contributed by atoms with Crippen LogP contribution in [-0.2, 0) is 6.42 Å². The predicted octanol–water partition coefficient (Wildman–Crippen LogP) is 3.30. The highest BCUT2D eigenvalue weighted by Crippen LogP contribution is 2.30. The second-order valence-electron chi connectivity index (χ2n) is 6.36. The lowest BCUT2D eigenvalue weighted by molar-refractivity contribution is 0.324. The van der Waals surface area contributed by atoms with E-state index >= 15 is 0 Å². The van der Waals surface area contributed by atoms with Gasteiger partial charge in [0.15, 0.2) is 0 Å². The van der Waals surface area contributed by atoms with Crippen molar-refractivity contribution in [1.29, 1.82) is 0 Å². The van der Waals surface area contributed by atoms with Gasteiger partial charge in [0.2, 0.25) is 0 Å². The van der Waals surface area contributed by atoms with Crippen LogP contribution < -0.4 is 5.32 Å². The Kier molecular flexibility index (Phi) is 3.92. The number of hydrogen-bond donors (Lipinski definition) is 1. The summed E-state index contributed by atoms with van der Waals surface area (Å²) >= 11 is 0. The average molecular weight is 261 g/mol. The standard InChI is InChI=1S/C16H27N3/c1-12-16(10-11-17-14-8-9-14)13(2)19(18-12)15-6-4-3-5-7-15/h14-15,17H,3-11H2,1-2H3. The Morgan fingerprint density at radius 2 is 1.84 bits per heavy atom. The van der Waals surface area contributed by atoms with Crippen LogP contribution in [0.4, 0.5) is 0 Å². The molecule has 2 saturated carbocycles. The van der Waals surface area contributed by atoms with Crippen molar-refractivity contribution in [3.63, 3.8) is 0 Å². The fourth-order valence-electron chi connectivity index (χ4n) is 3.43. The lowest BCUT2D eigenvalue weighted by Gasteiger charge is -2.23. The average Bonchev–Trinajstić information content (AvgIpc) is 3.20. The number of aromatic nitrogens is 2. The maximum atomic E-state index is 4.84. The zero-order chi connectivity index (χ0) is 13.2. The van der Waals surface area contributed by atoms with Crippen molar-refractivity contribution in [3.05, 3.63) is 17.0 Å². The third kappa shape index (κ3) is 3.02. The third-order valence-corrected chi connectivity index (χ3v) is 4.78. The molecule has 0 spiro atoms. The lowest BCUT2D eigenvalue weighted by atomic mass is 9.95. The summed E-state index contributed by atoms with van der Waals surface area (Å²) in [5, 5.41) is 8.45. The van der Waals surface area contributed by atoms with Crippen LogP contribution in [0.25, 0.3) is 0 Å². The van der Waals surface area contributed by atoms with Crippen molar-refractivity contribution in [1.82, 2.24) is 15.1 Å². The van der Waals surface area contributed by atoms with Crippen LogP contribution in [0.15, 0.2) is 0 Å². The van der Waals surface area contributed by atoms with Gasteiger partial charge in [-0.25, -0.2) is 0 Å². The van der Waals surface area contributed by atoms with E-state index in [1.54, 1.807) is 0 Å². The highest BCUT2D eigenvalue weighted by Gasteiger charge is 2.22. The van der Waals surface area contributed by atoms with Gasteiger partial charge in [0, 0.05) is 11.7 Å². The molecule has 1 aromatic rings. The van der Waals surface area contributed by atoms with Gasteiger partial charge >= 0.3 is 0 Å². The van der Waals surface area contributed by atoms with Gasteiger partial charge < -0.3 is 5.32 Å². The molecule has 0 unspecified atom stereocenters. The molecule has 3 rings (SSSR count). The van der Waals surface area contributed by atoms with Crippen LogP contribution in [0.1, 0.15) is 67.9 Å². The molecular weight excluding hydrogens is 234 g/mol. The number of nitrogens with zero attached hydrogens (tertiary/aromatic N) is 2. The Labute approximate surface area is 116 Å². The predicted molar refractivity (Wildman–Crippen MR) is 78.6 cm³/mol. The summed E-state index contributed by atoms with van der Waals surface area (Å²) in [7, 11) is 0. The first-order valence-electron chi connectivity index (χ1n) is 8.03. The van der Waals surface area contributed by atoms with E-state index < -0.39 is 0 Å². The van der Waals surface area contributed by atoms with Crippen molar-refractivity contribution in [3.8, 4) is 0 Å². The molecule has 1 aromatic heterocycles. The zero-order valence-corrected chi connectivity index (χ0v) is 12.4. The van der Waals surface area contributed by atoms with Crippen LogP contribution in [0, 0.1) is 13.8 Å². The summed E-state index contributed by atoms with van der Waals surface area (Å²) < 4.78 is 2.33. The molecule has 2 aliphatic carbocycles. The topological polar surface area (TPSA) is 29.9 Å². The van der Waals surface area contributed by atoms with Crippen LogP contribution >= 0.6 is 0 Å². The van der Waals surface area contributed by atoms with Gasteiger partial charge in [0.05, 0.1) is 11.7 Å². The van der Waals surface area contributed by atoms with E-state index in [1.165, 1.54) is 61.9 Å². The number of rotatable bonds is 5. The molecule has 1 heterocycles. The van der Waals surface area contributed by atoms with Gasteiger partial charge in [-0.15, -0.1) is 0 Å². The monoisotopic (exact) mass is 261 g/mol. The molecule has 0 amide bonds. The van der Waals surface area contributed by atoms with Gasteiger partial charge in [-0.1, -0.05) is 19.3 Å². The molecule has 0 aliphatic heterocycles. The molecule has 106 valence electrons. The molecule has 1 N–H and O–H groups in total. The highest BCUT2D eigenvalue weighted by molar-refractivity contribution is 5.25. The van der Waals surface area contributed by atoms with Crippen LogP contribution in [-0.4, -0.2) is 22.4 Å². The highest BCUT2D eigenvalue weighted by atomic mass is 15.3. The van der Waals surface area contributed by atoms with Crippen LogP contribution in [0.5, 0.6) is 0 Å². The molecule has 0 saturated heterocycles. The van der Waals surface area contributed by atoms with E-state index in [-0.39, 0.29) is 0 Å². The summed E-state index contributed by atoms with van der Waals surface area (Å²) in [5.74, 6) is 0. The van der Waals surface area contributed by atoms with E-state index in [0.29, 0.717) is 6.04 Å². The lowest BCUT2D eigenvalue weighted by Crippen LogP contribution is -2.20. The number of aryl methyl sites for hydroxylation is 1. The molecular formula is C16H27N3. The number of hydrogen-bond acceptors (Lipinski definition) is 2. The van der Waals surface area contributed by atoms with Crippen molar-refractivity contribution in [2.24, 2.45) is 0 Å². The van der Waals surface area contributed by atoms with Gasteiger partial charge in [0.25, 0.3) is 0 Å². The quantitative estimate of drug-likeness (QED) is 0.881. The minimum Gasteiger partial charge on any atom is -0.314 e. The first kappa shape index (κ1) is 13.2. The molecule has 2 fully saturated rings. The van der Waals surface area contributed by atoms with Crippen molar-refractivity contribution < 1.29 is 0 Å². The second kappa shape index (κ2) is 5.66. The minimum absolute atomic E-state index is 0.664. The van der Waals surface area contributed by atoms with Gasteiger partial charge in [-0.3, -0.25) is 4.68 Å². The number of nitrogens with one attached hydrogen (secondary N) is 1. The molecule has 3 heteroatoms. The van der Waals surface area contributed by atoms with E-state index in [1.807, 2.05) is 0 Å². The molecule has 2 aliphatic rings. The zero-order valence-electron chi connectivity index (χ0n) is 12.4. The molecule has 0 atom stereocenters. The Hall–Kier alpha value is -0.830. The van der Waals surface area contributed by atoms with Gasteiger partial charge in [-0.05, 0) is 58.1 Å². The summed E-state index contributed by atoms with van der Waals surface area (Å²) in [6.45, 7) is 5.56.